The first-order valence-electron chi connectivity index (χ1n) is 9.07. The van der Waals surface area contributed by atoms with Gasteiger partial charge in [0.1, 0.15) is 0 Å². The van der Waals surface area contributed by atoms with Gasteiger partial charge in [0.25, 0.3) is 5.91 Å². The van der Waals surface area contributed by atoms with Crippen LogP contribution in [0.4, 0.5) is 0 Å². The molecule has 0 aromatic heterocycles. The van der Waals surface area contributed by atoms with Crippen LogP contribution in [-0.2, 0) is 4.79 Å². The molecule has 2 amide bonds. The molecule has 0 aliphatic heterocycles. The van der Waals surface area contributed by atoms with E-state index < -0.39 is 6.04 Å². The van der Waals surface area contributed by atoms with Crippen LogP contribution >= 0.6 is 23.2 Å². The highest BCUT2D eigenvalue weighted by Gasteiger charge is 2.22. The predicted molar refractivity (Wildman–Crippen MR) is 114 cm³/mol. The number of halogens is 2. The second-order valence-electron chi connectivity index (χ2n) is 6.72. The minimum Gasteiger partial charge on any atom is -0.346 e. The fourth-order valence-corrected chi connectivity index (χ4v) is 3.38. The van der Waals surface area contributed by atoms with E-state index in [0.717, 1.165) is 16.7 Å². The standard InChI is InChI=1S/C21H25Cl2N3O2/c1-4-26(21(28)16-8-13(2)7-14(3)9-16)12-19(25-20(27)11-24)15-5-6-17(22)18(23)10-15/h5-10,19H,4,11-12,24H2,1-3H3,(H,25,27)/t19-/m0/s1. The molecular weight excluding hydrogens is 397 g/mol. The Kier molecular flexibility index (Phi) is 7.87. The molecule has 0 heterocycles. The number of nitrogens with two attached hydrogens (primary N) is 1. The highest BCUT2D eigenvalue weighted by atomic mass is 35.5. The fraction of sp³-hybridized carbons (Fsp3) is 0.333. The molecule has 0 bridgehead atoms. The van der Waals surface area contributed by atoms with Crippen LogP contribution in [0.15, 0.2) is 36.4 Å². The smallest absolute Gasteiger partial charge is 0.253 e. The number of rotatable bonds is 7. The number of hydrogen-bond donors (Lipinski definition) is 2. The Morgan fingerprint density at radius 3 is 2.25 bits per heavy atom. The van der Waals surface area contributed by atoms with Gasteiger partial charge >= 0.3 is 0 Å². The van der Waals surface area contributed by atoms with Crippen LogP contribution in [0, 0.1) is 13.8 Å². The average Bonchev–Trinajstić information content (AvgIpc) is 2.65. The summed E-state index contributed by atoms with van der Waals surface area (Å²) in [5, 5.41) is 3.67. The molecule has 2 rings (SSSR count). The van der Waals surface area contributed by atoms with Gasteiger partial charge in [0.2, 0.25) is 5.91 Å². The molecule has 7 heteroatoms. The van der Waals surface area contributed by atoms with Crippen molar-refractivity contribution < 1.29 is 9.59 Å². The molecule has 2 aromatic rings. The Hall–Kier alpha value is -2.08. The molecule has 5 nitrogen and oxygen atoms in total. The van der Waals surface area contributed by atoms with Crippen molar-refractivity contribution >= 4 is 35.0 Å². The van der Waals surface area contributed by atoms with Crippen molar-refractivity contribution in [1.29, 1.82) is 0 Å². The number of carbonyl (C=O) groups excluding carboxylic acids is 2. The quantitative estimate of drug-likeness (QED) is 0.711. The van der Waals surface area contributed by atoms with Gasteiger partial charge in [-0.3, -0.25) is 9.59 Å². The number of benzene rings is 2. The zero-order valence-corrected chi connectivity index (χ0v) is 17.8. The van der Waals surface area contributed by atoms with Crippen LogP contribution in [0.3, 0.4) is 0 Å². The van der Waals surface area contributed by atoms with E-state index in [1.807, 2.05) is 39.0 Å². The van der Waals surface area contributed by atoms with Gasteiger partial charge in [-0.2, -0.15) is 0 Å². The third kappa shape index (κ3) is 5.71. The molecule has 0 spiro atoms. The maximum absolute atomic E-state index is 13.1. The summed E-state index contributed by atoms with van der Waals surface area (Å²) in [7, 11) is 0. The maximum atomic E-state index is 13.1. The molecule has 1 atom stereocenters. The summed E-state index contributed by atoms with van der Waals surface area (Å²) in [6.07, 6.45) is 0. The van der Waals surface area contributed by atoms with Crippen LogP contribution in [0.2, 0.25) is 10.0 Å². The Labute approximate surface area is 175 Å². The predicted octanol–water partition coefficient (Wildman–Crippen LogP) is 3.89. The summed E-state index contributed by atoms with van der Waals surface area (Å²) >= 11 is 12.1. The van der Waals surface area contributed by atoms with E-state index in [-0.39, 0.29) is 24.9 Å². The lowest BCUT2D eigenvalue weighted by Gasteiger charge is -2.28. The molecule has 150 valence electrons. The molecule has 3 N–H and O–H groups in total. The molecule has 0 aliphatic carbocycles. The van der Waals surface area contributed by atoms with Crippen molar-refractivity contribution in [3.63, 3.8) is 0 Å². The zero-order chi connectivity index (χ0) is 20.8. The molecule has 0 radical (unpaired) electrons. The highest BCUT2D eigenvalue weighted by Crippen LogP contribution is 2.26. The third-order valence-corrected chi connectivity index (χ3v) is 5.15. The average molecular weight is 422 g/mol. The van der Waals surface area contributed by atoms with Gasteiger partial charge in [0.15, 0.2) is 0 Å². The van der Waals surface area contributed by atoms with E-state index in [1.165, 1.54) is 0 Å². The second-order valence-corrected chi connectivity index (χ2v) is 7.53. The van der Waals surface area contributed by atoms with Crippen LogP contribution < -0.4 is 11.1 Å². The summed E-state index contributed by atoms with van der Waals surface area (Å²) in [5.41, 5.74) is 8.89. The van der Waals surface area contributed by atoms with Gasteiger partial charge in [-0.25, -0.2) is 0 Å². The molecule has 0 unspecified atom stereocenters. The van der Waals surface area contributed by atoms with E-state index in [2.05, 4.69) is 5.32 Å². The fourth-order valence-electron chi connectivity index (χ4n) is 3.07. The molecule has 0 saturated heterocycles. The number of likely N-dealkylation sites (N-methyl/N-ethyl adjacent to an activating group) is 1. The van der Waals surface area contributed by atoms with E-state index in [4.69, 9.17) is 28.9 Å². The Morgan fingerprint density at radius 1 is 1.07 bits per heavy atom. The van der Waals surface area contributed by atoms with Crippen molar-refractivity contribution in [3.05, 3.63) is 68.7 Å². The van der Waals surface area contributed by atoms with Crippen LogP contribution in [-0.4, -0.2) is 36.3 Å². The molecule has 28 heavy (non-hydrogen) atoms. The lowest BCUT2D eigenvalue weighted by molar-refractivity contribution is -0.120. The van der Waals surface area contributed by atoms with Crippen LogP contribution in [0.1, 0.15) is 40.0 Å². The van der Waals surface area contributed by atoms with E-state index in [0.29, 0.717) is 22.2 Å². The monoisotopic (exact) mass is 421 g/mol. The molecule has 2 aromatic carbocycles. The minimum absolute atomic E-state index is 0.0960. The normalized spacial score (nSPS) is 11.8. The highest BCUT2D eigenvalue weighted by molar-refractivity contribution is 6.42. The lowest BCUT2D eigenvalue weighted by Crippen LogP contribution is -2.42. The van der Waals surface area contributed by atoms with Crippen molar-refractivity contribution in [3.8, 4) is 0 Å². The van der Waals surface area contributed by atoms with Gasteiger partial charge in [0.05, 0.1) is 22.6 Å². The largest absolute Gasteiger partial charge is 0.346 e. The SMILES string of the molecule is CCN(C[C@H](NC(=O)CN)c1ccc(Cl)c(Cl)c1)C(=O)c1cc(C)cc(C)c1. The Balaban J connectivity index is 2.32. The first-order chi connectivity index (χ1) is 13.2. The summed E-state index contributed by atoms with van der Waals surface area (Å²) in [6.45, 7) is 6.44. The lowest BCUT2D eigenvalue weighted by atomic mass is 10.0. The van der Waals surface area contributed by atoms with Crippen molar-refractivity contribution in [1.82, 2.24) is 10.2 Å². The Bertz CT molecular complexity index is 850. The maximum Gasteiger partial charge on any atom is 0.253 e. The molecule has 0 aliphatic rings. The summed E-state index contributed by atoms with van der Waals surface area (Å²) in [6, 6.07) is 10.4. The zero-order valence-electron chi connectivity index (χ0n) is 16.3. The third-order valence-electron chi connectivity index (χ3n) is 4.41. The number of carbonyl (C=O) groups is 2. The van der Waals surface area contributed by atoms with Crippen molar-refractivity contribution in [2.75, 3.05) is 19.6 Å². The van der Waals surface area contributed by atoms with Crippen molar-refractivity contribution in [2.24, 2.45) is 5.73 Å². The number of nitrogens with zero attached hydrogens (tertiary/aromatic N) is 1. The van der Waals surface area contributed by atoms with Gasteiger partial charge < -0.3 is 16.0 Å². The molecule has 0 saturated carbocycles. The molecular formula is C21H25Cl2N3O2. The summed E-state index contributed by atoms with van der Waals surface area (Å²) in [4.78, 5) is 26.7. The van der Waals surface area contributed by atoms with Gasteiger partial charge in [-0.05, 0) is 50.6 Å². The molecule has 0 fully saturated rings. The van der Waals surface area contributed by atoms with Crippen molar-refractivity contribution in [2.45, 2.75) is 26.8 Å². The van der Waals surface area contributed by atoms with E-state index in [9.17, 15) is 9.59 Å². The number of aryl methyl sites for hydroxylation is 2. The van der Waals surface area contributed by atoms with Gasteiger partial charge in [0, 0.05) is 18.7 Å². The topological polar surface area (TPSA) is 75.4 Å². The summed E-state index contributed by atoms with van der Waals surface area (Å²) in [5.74, 6) is -0.410. The Morgan fingerprint density at radius 2 is 1.71 bits per heavy atom. The van der Waals surface area contributed by atoms with E-state index in [1.54, 1.807) is 23.1 Å². The van der Waals surface area contributed by atoms with Gasteiger partial charge in [-0.15, -0.1) is 0 Å². The first-order valence-corrected chi connectivity index (χ1v) is 9.82. The number of nitrogens with one attached hydrogen (secondary N) is 1. The summed E-state index contributed by atoms with van der Waals surface area (Å²) < 4.78 is 0. The van der Waals surface area contributed by atoms with Crippen LogP contribution in [0.25, 0.3) is 0 Å². The minimum atomic E-state index is -0.458. The van der Waals surface area contributed by atoms with E-state index >= 15 is 0 Å². The number of amides is 2. The van der Waals surface area contributed by atoms with Crippen LogP contribution in [0.5, 0.6) is 0 Å². The number of hydrogen-bond acceptors (Lipinski definition) is 3. The first kappa shape index (κ1) is 22.2. The van der Waals surface area contributed by atoms with Gasteiger partial charge in [-0.1, -0.05) is 46.5 Å². The second kappa shape index (κ2) is 9.92.